The molecule has 0 unspecified atom stereocenters. The molecule has 2 heterocycles. The molecule has 6 heteroatoms. The summed E-state index contributed by atoms with van der Waals surface area (Å²) in [6.07, 6.45) is 0. The van der Waals surface area contributed by atoms with Crippen molar-refractivity contribution < 1.29 is 0 Å². The topological polar surface area (TPSA) is 67.1 Å². The predicted molar refractivity (Wildman–Crippen MR) is 67.2 cm³/mol. The molecule has 0 aliphatic heterocycles. The summed E-state index contributed by atoms with van der Waals surface area (Å²) in [5.41, 5.74) is 2.62. The average molecular weight is 237 g/mol. The van der Waals surface area contributed by atoms with Gasteiger partial charge in [-0.15, -0.1) is 11.3 Å². The van der Waals surface area contributed by atoms with Crippen LogP contribution in [0.5, 0.6) is 0 Å². The number of thiophene rings is 1. The van der Waals surface area contributed by atoms with Crippen LogP contribution < -0.4 is 11.3 Å². The number of nitrogens with two attached hydrogens (primary N) is 1. The maximum Gasteiger partial charge on any atom is 0.152 e. The van der Waals surface area contributed by atoms with Crippen molar-refractivity contribution in [2.45, 2.75) is 13.5 Å². The molecule has 0 aromatic carbocycles. The van der Waals surface area contributed by atoms with Gasteiger partial charge in [-0.3, -0.25) is 4.90 Å². The van der Waals surface area contributed by atoms with Gasteiger partial charge in [-0.25, -0.2) is 15.8 Å². The Balaban J connectivity index is 2.39. The summed E-state index contributed by atoms with van der Waals surface area (Å²) < 4.78 is 0. The van der Waals surface area contributed by atoms with Crippen molar-refractivity contribution in [1.82, 2.24) is 14.9 Å². The normalized spacial score (nSPS) is 11.2. The molecular weight excluding hydrogens is 222 g/mol. The molecule has 2 rings (SSSR count). The molecule has 0 radical (unpaired) electrons. The van der Waals surface area contributed by atoms with Gasteiger partial charge in [0.25, 0.3) is 0 Å². The number of rotatable bonds is 4. The van der Waals surface area contributed by atoms with E-state index in [4.69, 9.17) is 5.84 Å². The predicted octanol–water partition coefficient (Wildman–Crippen LogP) is 1.43. The van der Waals surface area contributed by atoms with Crippen molar-refractivity contribution in [2.24, 2.45) is 5.84 Å². The Morgan fingerprint density at radius 3 is 3.00 bits per heavy atom. The fraction of sp³-hybridized carbons (Fsp3) is 0.400. The highest BCUT2D eigenvalue weighted by Crippen LogP contribution is 2.24. The van der Waals surface area contributed by atoms with Crippen LogP contribution in [0.3, 0.4) is 0 Å². The van der Waals surface area contributed by atoms with Gasteiger partial charge in [0.15, 0.2) is 5.82 Å². The Bertz CT molecular complexity index is 481. The van der Waals surface area contributed by atoms with Crippen LogP contribution in [0.15, 0.2) is 11.4 Å². The first kappa shape index (κ1) is 11.3. The Hall–Kier alpha value is -1.24. The van der Waals surface area contributed by atoms with E-state index in [9.17, 15) is 0 Å². The summed E-state index contributed by atoms with van der Waals surface area (Å²) in [4.78, 5) is 12.0. The molecule has 0 aliphatic rings. The maximum absolute atomic E-state index is 5.46. The molecule has 2 aromatic rings. The molecule has 0 saturated heterocycles. The zero-order valence-corrected chi connectivity index (χ0v) is 10.2. The molecule has 2 aromatic heterocycles. The van der Waals surface area contributed by atoms with E-state index in [1.807, 2.05) is 18.5 Å². The average Bonchev–Trinajstić information content (AvgIpc) is 2.75. The number of hydrogen-bond donors (Lipinski definition) is 2. The van der Waals surface area contributed by atoms with Crippen LogP contribution in [-0.4, -0.2) is 28.5 Å². The van der Waals surface area contributed by atoms with E-state index in [0.717, 1.165) is 29.1 Å². The molecule has 3 N–H and O–H groups in total. The summed E-state index contributed by atoms with van der Waals surface area (Å²) >= 11 is 1.60. The van der Waals surface area contributed by atoms with Crippen molar-refractivity contribution in [2.75, 3.05) is 19.0 Å². The highest BCUT2D eigenvalue weighted by Gasteiger charge is 2.08. The van der Waals surface area contributed by atoms with Gasteiger partial charge in [0.1, 0.15) is 10.7 Å². The fourth-order valence-corrected chi connectivity index (χ4v) is 2.22. The second-order valence-corrected chi connectivity index (χ2v) is 4.50. The lowest BCUT2D eigenvalue weighted by Crippen LogP contribution is -2.19. The van der Waals surface area contributed by atoms with E-state index in [0.29, 0.717) is 5.82 Å². The lowest BCUT2D eigenvalue weighted by molar-refractivity contribution is 0.337. The lowest BCUT2D eigenvalue weighted by Gasteiger charge is -2.13. The molecule has 0 aliphatic carbocycles. The first-order chi connectivity index (χ1) is 7.74. The second-order valence-electron chi connectivity index (χ2n) is 3.60. The Morgan fingerprint density at radius 1 is 1.50 bits per heavy atom. The molecule has 0 fully saturated rings. The standard InChI is InChI=1S/C10H15N5S/c1-3-15(2)6-8-12-9(14-11)7-4-5-16-10(7)13-8/h4-5H,3,6,11H2,1-2H3,(H,12,13,14). The third-order valence-corrected chi connectivity index (χ3v) is 3.27. The Kier molecular flexibility index (Phi) is 3.33. The first-order valence-corrected chi connectivity index (χ1v) is 6.01. The largest absolute Gasteiger partial charge is 0.308 e. The number of anilines is 1. The second kappa shape index (κ2) is 4.73. The van der Waals surface area contributed by atoms with Gasteiger partial charge < -0.3 is 5.43 Å². The maximum atomic E-state index is 5.46. The molecule has 0 bridgehead atoms. The van der Waals surface area contributed by atoms with Crippen LogP contribution in [0.25, 0.3) is 10.2 Å². The van der Waals surface area contributed by atoms with Crippen LogP contribution in [0.4, 0.5) is 5.82 Å². The van der Waals surface area contributed by atoms with Gasteiger partial charge in [-0.05, 0) is 25.0 Å². The third kappa shape index (κ3) is 2.13. The molecule has 0 spiro atoms. The smallest absolute Gasteiger partial charge is 0.152 e. The lowest BCUT2D eigenvalue weighted by atomic mass is 10.3. The van der Waals surface area contributed by atoms with E-state index in [1.165, 1.54) is 0 Å². The number of aromatic nitrogens is 2. The Morgan fingerprint density at radius 2 is 2.31 bits per heavy atom. The summed E-state index contributed by atoms with van der Waals surface area (Å²) in [5, 5.41) is 2.98. The van der Waals surface area contributed by atoms with Crippen molar-refractivity contribution in [1.29, 1.82) is 0 Å². The minimum atomic E-state index is 0.700. The fourth-order valence-electron chi connectivity index (χ4n) is 1.43. The minimum Gasteiger partial charge on any atom is -0.308 e. The van der Waals surface area contributed by atoms with Gasteiger partial charge in [0.2, 0.25) is 0 Å². The van der Waals surface area contributed by atoms with E-state index in [1.54, 1.807) is 11.3 Å². The summed E-state index contributed by atoms with van der Waals surface area (Å²) in [6, 6.07) is 1.97. The van der Waals surface area contributed by atoms with Crippen LogP contribution in [0, 0.1) is 0 Å². The number of nitrogen functional groups attached to an aromatic ring is 1. The van der Waals surface area contributed by atoms with E-state index >= 15 is 0 Å². The highest BCUT2D eigenvalue weighted by molar-refractivity contribution is 7.16. The summed E-state index contributed by atoms with van der Waals surface area (Å²) in [7, 11) is 2.04. The summed E-state index contributed by atoms with van der Waals surface area (Å²) in [5.74, 6) is 6.96. The number of nitrogens with one attached hydrogen (secondary N) is 1. The van der Waals surface area contributed by atoms with Crippen molar-refractivity contribution in [3.8, 4) is 0 Å². The van der Waals surface area contributed by atoms with Crippen molar-refractivity contribution in [3.63, 3.8) is 0 Å². The minimum absolute atomic E-state index is 0.700. The van der Waals surface area contributed by atoms with Crippen LogP contribution in [0.2, 0.25) is 0 Å². The molecule has 86 valence electrons. The number of hydrazine groups is 1. The zero-order valence-electron chi connectivity index (χ0n) is 9.40. The van der Waals surface area contributed by atoms with Gasteiger partial charge >= 0.3 is 0 Å². The van der Waals surface area contributed by atoms with Crippen molar-refractivity contribution >= 4 is 27.4 Å². The van der Waals surface area contributed by atoms with Crippen LogP contribution in [-0.2, 0) is 6.54 Å². The van der Waals surface area contributed by atoms with E-state index < -0.39 is 0 Å². The van der Waals surface area contributed by atoms with Crippen molar-refractivity contribution in [3.05, 3.63) is 17.3 Å². The van der Waals surface area contributed by atoms with Gasteiger partial charge in [0.05, 0.1) is 11.9 Å². The molecular formula is C10H15N5S. The van der Waals surface area contributed by atoms with Gasteiger partial charge in [0, 0.05) is 0 Å². The third-order valence-electron chi connectivity index (χ3n) is 2.46. The van der Waals surface area contributed by atoms with E-state index in [2.05, 4.69) is 27.2 Å². The zero-order chi connectivity index (χ0) is 11.5. The van der Waals surface area contributed by atoms with Crippen LogP contribution in [0.1, 0.15) is 12.7 Å². The monoisotopic (exact) mass is 237 g/mol. The van der Waals surface area contributed by atoms with Crippen LogP contribution >= 0.6 is 11.3 Å². The SMILES string of the molecule is CCN(C)Cc1nc(NN)c2ccsc2n1. The number of fused-ring (bicyclic) bond motifs is 1. The number of nitrogens with zero attached hydrogens (tertiary/aromatic N) is 3. The van der Waals surface area contributed by atoms with Gasteiger partial charge in [-0.1, -0.05) is 6.92 Å². The molecule has 0 amide bonds. The molecule has 0 saturated carbocycles. The van der Waals surface area contributed by atoms with E-state index in [-0.39, 0.29) is 0 Å². The summed E-state index contributed by atoms with van der Waals surface area (Å²) in [6.45, 7) is 3.81. The highest BCUT2D eigenvalue weighted by atomic mass is 32.1. The first-order valence-electron chi connectivity index (χ1n) is 5.14. The molecule has 5 nitrogen and oxygen atoms in total. The quantitative estimate of drug-likeness (QED) is 0.622. The Labute approximate surface area is 98.3 Å². The number of hydrogen-bond acceptors (Lipinski definition) is 6. The molecule has 0 atom stereocenters. The molecule has 16 heavy (non-hydrogen) atoms. The van der Waals surface area contributed by atoms with Gasteiger partial charge in [-0.2, -0.15) is 0 Å².